The molecule has 0 amide bonds. The van der Waals surface area contributed by atoms with Crippen LogP contribution in [-0.2, 0) is 9.84 Å². The van der Waals surface area contributed by atoms with E-state index < -0.39 is 9.84 Å². The second-order valence-corrected chi connectivity index (χ2v) is 6.02. The molecule has 24 heavy (non-hydrogen) atoms. The molecule has 132 valence electrons. The number of ether oxygens (including phenoxy) is 4. The van der Waals surface area contributed by atoms with Crippen LogP contribution in [0.4, 0.5) is 0 Å². The summed E-state index contributed by atoms with van der Waals surface area (Å²) in [6.07, 6.45) is 2.40. The van der Waals surface area contributed by atoms with E-state index in [4.69, 9.17) is 18.9 Å². The Kier molecular flexibility index (Phi) is 7.11. The molecule has 0 radical (unpaired) electrons. The lowest BCUT2D eigenvalue weighted by atomic mass is 10.6. The van der Waals surface area contributed by atoms with Gasteiger partial charge in [-0.25, -0.2) is 18.4 Å². The van der Waals surface area contributed by atoms with Crippen LogP contribution in [0.3, 0.4) is 0 Å². The summed E-state index contributed by atoms with van der Waals surface area (Å²) < 4.78 is 41.5. The van der Waals surface area contributed by atoms with Crippen molar-refractivity contribution in [1.29, 1.82) is 0 Å². The molecule has 2 aromatic heterocycles. The Balaban J connectivity index is 0.000000254. The van der Waals surface area contributed by atoms with Crippen molar-refractivity contribution in [1.82, 2.24) is 19.9 Å². The van der Waals surface area contributed by atoms with E-state index in [2.05, 4.69) is 19.9 Å². The van der Waals surface area contributed by atoms with E-state index in [1.807, 2.05) is 0 Å². The van der Waals surface area contributed by atoms with E-state index >= 15 is 0 Å². The maximum atomic E-state index is 11.1. The summed E-state index contributed by atoms with van der Waals surface area (Å²) in [6, 6.07) is 3.01. The van der Waals surface area contributed by atoms with Crippen molar-refractivity contribution in [3.63, 3.8) is 0 Å². The van der Waals surface area contributed by atoms with E-state index in [1.165, 1.54) is 26.6 Å². The lowest BCUT2D eigenvalue weighted by molar-refractivity contribution is 0.363. The van der Waals surface area contributed by atoms with Gasteiger partial charge in [0.25, 0.3) is 5.16 Å². The van der Waals surface area contributed by atoms with E-state index in [0.29, 0.717) is 11.8 Å². The van der Waals surface area contributed by atoms with Gasteiger partial charge < -0.3 is 18.9 Å². The summed E-state index contributed by atoms with van der Waals surface area (Å²) in [7, 11) is 2.40. The van der Waals surface area contributed by atoms with E-state index in [9.17, 15) is 8.42 Å². The monoisotopic (exact) mass is 358 g/mol. The van der Waals surface area contributed by atoms with Crippen LogP contribution >= 0.6 is 0 Å². The average Bonchev–Trinajstić information content (AvgIpc) is 2.60. The topological polar surface area (TPSA) is 123 Å². The summed E-state index contributed by atoms with van der Waals surface area (Å²) in [5, 5.41) is -0.311. The Bertz CT molecular complexity index is 727. The standard InChI is InChI=1S/C7H10N2O4S.C6H8N2O2/c1-12-5-4-6(13-2)9-7(8-5)14(3,10)11;1-9-5-3-6(10-2)8-4-7-5/h4H,1-3H3;3-4H,1-2H3. The van der Waals surface area contributed by atoms with Crippen LogP contribution in [-0.4, -0.2) is 63.0 Å². The lowest BCUT2D eigenvalue weighted by Crippen LogP contribution is -2.06. The normalized spacial score (nSPS) is 10.2. The minimum absolute atomic E-state index is 0.150. The first-order valence-electron chi connectivity index (χ1n) is 6.41. The van der Waals surface area contributed by atoms with Crippen molar-refractivity contribution in [3.8, 4) is 23.5 Å². The second-order valence-electron chi connectivity index (χ2n) is 4.11. The first-order chi connectivity index (χ1) is 11.3. The molecular weight excluding hydrogens is 340 g/mol. The van der Waals surface area contributed by atoms with E-state index in [-0.39, 0.29) is 16.9 Å². The van der Waals surface area contributed by atoms with Gasteiger partial charge in [-0.05, 0) is 0 Å². The van der Waals surface area contributed by atoms with Gasteiger partial charge >= 0.3 is 0 Å². The van der Waals surface area contributed by atoms with E-state index in [0.717, 1.165) is 6.26 Å². The van der Waals surface area contributed by atoms with Gasteiger partial charge in [-0.15, -0.1) is 0 Å². The minimum Gasteiger partial charge on any atom is -0.481 e. The molecule has 0 saturated heterocycles. The average molecular weight is 358 g/mol. The molecule has 11 heteroatoms. The molecule has 0 unspecified atom stereocenters. The lowest BCUT2D eigenvalue weighted by Gasteiger charge is -2.04. The summed E-state index contributed by atoms with van der Waals surface area (Å²) in [6.45, 7) is 0. The Hall–Kier alpha value is -2.69. The first-order valence-corrected chi connectivity index (χ1v) is 8.30. The summed E-state index contributed by atoms with van der Waals surface area (Å²) in [4.78, 5) is 14.9. The number of hydrogen-bond acceptors (Lipinski definition) is 10. The van der Waals surface area contributed by atoms with Crippen LogP contribution in [0.2, 0.25) is 0 Å². The molecule has 0 saturated carbocycles. The van der Waals surface area contributed by atoms with Crippen LogP contribution in [0.15, 0.2) is 23.6 Å². The van der Waals surface area contributed by atoms with Crippen molar-refractivity contribution in [3.05, 3.63) is 18.5 Å². The predicted molar refractivity (Wildman–Crippen MR) is 83.4 cm³/mol. The maximum Gasteiger partial charge on any atom is 0.253 e. The second kappa shape index (κ2) is 8.82. The van der Waals surface area contributed by atoms with Crippen LogP contribution < -0.4 is 18.9 Å². The Morgan fingerprint density at radius 1 is 0.750 bits per heavy atom. The van der Waals surface area contributed by atoms with Crippen molar-refractivity contribution < 1.29 is 27.4 Å². The molecule has 2 aromatic rings. The quantitative estimate of drug-likeness (QED) is 0.693. The molecule has 10 nitrogen and oxygen atoms in total. The molecule has 0 spiro atoms. The molecule has 2 heterocycles. The van der Waals surface area contributed by atoms with Gasteiger partial charge in [-0.2, -0.15) is 9.97 Å². The van der Waals surface area contributed by atoms with Crippen molar-refractivity contribution in [2.45, 2.75) is 5.16 Å². The first kappa shape index (κ1) is 19.4. The SMILES string of the molecule is COc1cc(OC)nc(S(C)(=O)=O)n1.COc1cc(OC)ncn1. The number of hydrogen-bond donors (Lipinski definition) is 0. The number of aromatic nitrogens is 4. The molecule has 0 aliphatic carbocycles. The van der Waals surface area contributed by atoms with Gasteiger partial charge in [0, 0.05) is 6.26 Å². The van der Waals surface area contributed by atoms with Crippen LogP contribution in [0, 0.1) is 0 Å². The van der Waals surface area contributed by atoms with Crippen LogP contribution in [0.1, 0.15) is 0 Å². The highest BCUT2D eigenvalue weighted by molar-refractivity contribution is 7.90. The van der Waals surface area contributed by atoms with Gasteiger partial charge in [-0.1, -0.05) is 0 Å². The fourth-order valence-corrected chi connectivity index (χ4v) is 1.82. The van der Waals surface area contributed by atoms with Crippen LogP contribution in [0.5, 0.6) is 23.5 Å². The number of rotatable bonds is 5. The van der Waals surface area contributed by atoms with Gasteiger partial charge in [0.05, 0.1) is 40.6 Å². The molecule has 0 aliphatic rings. The molecular formula is C13H18N4O6S. The number of sulfone groups is 1. The third kappa shape index (κ3) is 5.83. The van der Waals surface area contributed by atoms with E-state index in [1.54, 1.807) is 20.3 Å². The third-order valence-electron chi connectivity index (χ3n) is 2.44. The molecule has 0 bridgehead atoms. The number of nitrogens with zero attached hydrogens (tertiary/aromatic N) is 4. The fourth-order valence-electron chi connectivity index (χ4n) is 1.30. The maximum absolute atomic E-state index is 11.1. The number of methoxy groups -OCH3 is 4. The zero-order valence-electron chi connectivity index (χ0n) is 13.9. The summed E-state index contributed by atoms with van der Waals surface area (Å²) >= 11 is 0. The molecule has 0 aromatic carbocycles. The molecule has 0 N–H and O–H groups in total. The summed E-state index contributed by atoms with van der Waals surface area (Å²) in [5.41, 5.74) is 0. The van der Waals surface area contributed by atoms with Crippen molar-refractivity contribution >= 4 is 9.84 Å². The predicted octanol–water partition coefficient (Wildman–Crippen LogP) is 0.391. The highest BCUT2D eigenvalue weighted by Crippen LogP contribution is 2.17. The van der Waals surface area contributed by atoms with Crippen molar-refractivity contribution in [2.24, 2.45) is 0 Å². The third-order valence-corrected chi connectivity index (χ3v) is 3.29. The zero-order chi connectivity index (χ0) is 18.2. The Morgan fingerprint density at radius 2 is 1.12 bits per heavy atom. The highest BCUT2D eigenvalue weighted by atomic mass is 32.2. The fraction of sp³-hybridized carbons (Fsp3) is 0.385. The summed E-state index contributed by atoms with van der Waals surface area (Å²) in [5.74, 6) is 1.31. The Morgan fingerprint density at radius 3 is 1.46 bits per heavy atom. The minimum atomic E-state index is -3.45. The highest BCUT2D eigenvalue weighted by Gasteiger charge is 2.14. The molecule has 0 atom stereocenters. The smallest absolute Gasteiger partial charge is 0.253 e. The van der Waals surface area contributed by atoms with Gasteiger partial charge in [0.15, 0.2) is 0 Å². The molecule has 0 aliphatic heterocycles. The molecule has 0 fully saturated rings. The molecule has 2 rings (SSSR count). The van der Waals surface area contributed by atoms with Crippen LogP contribution in [0.25, 0.3) is 0 Å². The largest absolute Gasteiger partial charge is 0.481 e. The van der Waals surface area contributed by atoms with Crippen molar-refractivity contribution in [2.75, 3.05) is 34.7 Å². The van der Waals surface area contributed by atoms with Gasteiger partial charge in [-0.3, -0.25) is 0 Å². The zero-order valence-corrected chi connectivity index (χ0v) is 14.7. The Labute approximate surface area is 139 Å². The van der Waals surface area contributed by atoms with Gasteiger partial charge in [0.2, 0.25) is 33.4 Å². The van der Waals surface area contributed by atoms with Gasteiger partial charge in [0.1, 0.15) is 6.33 Å².